The van der Waals surface area contributed by atoms with Crippen LogP contribution in [0.2, 0.25) is 5.02 Å². The highest BCUT2D eigenvalue weighted by molar-refractivity contribution is 6.32. The second-order valence-corrected chi connectivity index (χ2v) is 8.01. The summed E-state index contributed by atoms with van der Waals surface area (Å²) < 4.78 is 11.2. The summed E-state index contributed by atoms with van der Waals surface area (Å²) in [5, 5.41) is 5.59. The average Bonchev–Trinajstić information content (AvgIpc) is 3.36. The zero-order valence-electron chi connectivity index (χ0n) is 16.1. The highest BCUT2D eigenvalue weighted by Gasteiger charge is 2.59. The third-order valence-electron chi connectivity index (χ3n) is 5.92. The molecule has 0 N–H and O–H groups in total. The van der Waals surface area contributed by atoms with Gasteiger partial charge in [-0.1, -0.05) is 30.7 Å². The van der Waals surface area contributed by atoms with Crippen molar-refractivity contribution in [1.82, 2.24) is 5.01 Å². The number of halogens is 1. The lowest BCUT2D eigenvalue weighted by Gasteiger charge is -2.17. The molecule has 1 aromatic carbocycles. The lowest BCUT2D eigenvalue weighted by atomic mass is 9.85. The Morgan fingerprint density at radius 2 is 1.89 bits per heavy atom. The molecule has 1 saturated carbocycles. The van der Waals surface area contributed by atoms with Gasteiger partial charge in [0.1, 0.15) is 0 Å². The first-order valence-corrected chi connectivity index (χ1v) is 9.96. The molecule has 1 heterocycles. The van der Waals surface area contributed by atoms with Gasteiger partial charge in [-0.25, -0.2) is 0 Å². The smallest absolute Gasteiger partial charge is 0.254 e. The first kappa shape index (κ1) is 19.0. The van der Waals surface area contributed by atoms with Crippen LogP contribution in [0.5, 0.6) is 11.5 Å². The predicted octanol–water partition coefficient (Wildman–Crippen LogP) is 3.67. The summed E-state index contributed by atoms with van der Waals surface area (Å²) in [4.78, 5) is 25.4. The van der Waals surface area contributed by atoms with E-state index in [9.17, 15) is 9.59 Å². The molecular weight excluding hydrogens is 380 g/mol. The number of imide groups is 1. The summed E-state index contributed by atoms with van der Waals surface area (Å²) in [5.41, 5.74) is 0.622. The number of fused-ring (bicyclic) bond motifs is 5. The van der Waals surface area contributed by atoms with Gasteiger partial charge in [-0.15, -0.1) is 0 Å². The fourth-order valence-corrected chi connectivity index (χ4v) is 4.60. The Labute approximate surface area is 169 Å². The summed E-state index contributed by atoms with van der Waals surface area (Å²) in [7, 11) is 1.54. The van der Waals surface area contributed by atoms with Crippen molar-refractivity contribution in [1.29, 1.82) is 0 Å². The van der Waals surface area contributed by atoms with Crippen molar-refractivity contribution < 1.29 is 19.1 Å². The van der Waals surface area contributed by atoms with Gasteiger partial charge in [-0.2, -0.15) is 10.1 Å². The Morgan fingerprint density at radius 3 is 2.46 bits per heavy atom. The fourth-order valence-electron chi connectivity index (χ4n) is 4.34. The molecule has 1 aliphatic heterocycles. The first-order chi connectivity index (χ1) is 13.4. The maximum Gasteiger partial charge on any atom is 0.254 e. The molecule has 5 atom stereocenters. The minimum Gasteiger partial charge on any atom is -0.493 e. The summed E-state index contributed by atoms with van der Waals surface area (Å²) in [6.07, 6.45) is 7.31. The van der Waals surface area contributed by atoms with Crippen LogP contribution in [0.15, 0.2) is 29.4 Å². The van der Waals surface area contributed by atoms with E-state index >= 15 is 0 Å². The van der Waals surface area contributed by atoms with Crippen LogP contribution in [0, 0.1) is 23.7 Å². The summed E-state index contributed by atoms with van der Waals surface area (Å²) in [6, 6.07) is 3.41. The Kier molecular flexibility index (Phi) is 4.91. The molecule has 2 fully saturated rings. The van der Waals surface area contributed by atoms with Crippen LogP contribution in [-0.2, 0) is 9.59 Å². The third kappa shape index (κ3) is 3.00. The number of benzene rings is 1. The van der Waals surface area contributed by atoms with Gasteiger partial charge >= 0.3 is 0 Å². The Bertz CT molecular complexity index is 851. The molecule has 1 saturated heterocycles. The van der Waals surface area contributed by atoms with Crippen molar-refractivity contribution in [2.45, 2.75) is 32.8 Å². The molecule has 0 radical (unpaired) electrons. The summed E-state index contributed by atoms with van der Waals surface area (Å²) in [5.74, 6) is 0.342. The molecule has 148 valence electrons. The molecule has 2 bridgehead atoms. The van der Waals surface area contributed by atoms with Gasteiger partial charge in [-0.05, 0) is 49.3 Å². The first-order valence-electron chi connectivity index (χ1n) is 9.58. The molecule has 7 heteroatoms. The van der Waals surface area contributed by atoms with E-state index in [0.717, 1.165) is 17.9 Å². The number of allylic oxidation sites excluding steroid dienone is 2. The van der Waals surface area contributed by atoms with E-state index < -0.39 is 0 Å². The number of hydrazone groups is 1. The average molecular weight is 403 g/mol. The van der Waals surface area contributed by atoms with Crippen LogP contribution in [0.3, 0.4) is 0 Å². The molecule has 2 amide bonds. The number of carbonyl (C=O) groups excluding carboxylic acids is 2. The van der Waals surface area contributed by atoms with E-state index in [2.05, 4.69) is 17.3 Å². The van der Waals surface area contributed by atoms with Crippen LogP contribution in [0.4, 0.5) is 0 Å². The lowest BCUT2D eigenvalue weighted by molar-refractivity contribution is -0.140. The number of methoxy groups -OCH3 is 1. The van der Waals surface area contributed by atoms with Crippen LogP contribution in [-0.4, -0.2) is 36.3 Å². The zero-order chi connectivity index (χ0) is 20.0. The number of amides is 2. The van der Waals surface area contributed by atoms with E-state index in [0.29, 0.717) is 22.1 Å². The van der Waals surface area contributed by atoms with Crippen molar-refractivity contribution in [3.05, 3.63) is 34.9 Å². The standard InChI is InChI=1S/C21H23ClN2O4/c1-4-11(2)28-19-15(22)7-12(8-16(19)27-3)10-23-24-20(25)17-13-5-6-14(9-13)18(17)21(24)26/h5-8,10-11,13-14,17-18H,4,9H2,1-3H3/t11-,13-,14-,17-,18+/m0/s1. The summed E-state index contributed by atoms with van der Waals surface area (Å²) >= 11 is 6.37. The van der Waals surface area contributed by atoms with Crippen LogP contribution in [0.1, 0.15) is 32.3 Å². The Hall–Kier alpha value is -2.34. The van der Waals surface area contributed by atoms with Gasteiger partial charge in [0.25, 0.3) is 11.8 Å². The van der Waals surface area contributed by atoms with Gasteiger partial charge < -0.3 is 9.47 Å². The largest absolute Gasteiger partial charge is 0.493 e. The molecule has 0 spiro atoms. The maximum absolute atomic E-state index is 12.7. The third-order valence-corrected chi connectivity index (χ3v) is 6.20. The number of rotatable bonds is 6. The van der Waals surface area contributed by atoms with E-state index in [1.807, 2.05) is 13.8 Å². The van der Waals surface area contributed by atoms with Crippen LogP contribution < -0.4 is 9.47 Å². The molecule has 3 aliphatic rings. The molecular formula is C21H23ClN2O4. The van der Waals surface area contributed by atoms with Crippen LogP contribution in [0.25, 0.3) is 0 Å². The lowest BCUT2D eigenvalue weighted by Crippen LogP contribution is -2.28. The molecule has 28 heavy (non-hydrogen) atoms. The Balaban J connectivity index is 1.56. The second kappa shape index (κ2) is 7.24. The van der Waals surface area contributed by atoms with Gasteiger partial charge in [-0.3, -0.25) is 9.59 Å². The van der Waals surface area contributed by atoms with E-state index in [1.165, 1.54) is 13.3 Å². The molecule has 2 aliphatic carbocycles. The molecule has 4 rings (SSSR count). The summed E-state index contributed by atoms with van der Waals surface area (Å²) in [6.45, 7) is 3.97. The van der Waals surface area contributed by atoms with Crippen molar-refractivity contribution in [3.63, 3.8) is 0 Å². The van der Waals surface area contributed by atoms with Gasteiger partial charge in [0.05, 0.1) is 36.3 Å². The monoisotopic (exact) mass is 402 g/mol. The minimum absolute atomic E-state index is 0.00542. The topological polar surface area (TPSA) is 68.2 Å². The molecule has 0 aromatic heterocycles. The molecule has 0 unspecified atom stereocenters. The highest BCUT2D eigenvalue weighted by Crippen LogP contribution is 2.52. The second-order valence-electron chi connectivity index (χ2n) is 7.60. The van der Waals surface area contributed by atoms with Crippen molar-refractivity contribution in [3.8, 4) is 11.5 Å². The molecule has 6 nitrogen and oxygen atoms in total. The van der Waals surface area contributed by atoms with Crippen molar-refractivity contribution in [2.75, 3.05) is 7.11 Å². The van der Waals surface area contributed by atoms with E-state index in [4.69, 9.17) is 21.1 Å². The fraction of sp³-hybridized carbons (Fsp3) is 0.476. The van der Waals surface area contributed by atoms with Crippen molar-refractivity contribution in [2.24, 2.45) is 28.8 Å². The number of carbonyl (C=O) groups is 2. The maximum atomic E-state index is 12.7. The molecule has 1 aromatic rings. The van der Waals surface area contributed by atoms with Crippen molar-refractivity contribution >= 4 is 29.6 Å². The number of hydrogen-bond donors (Lipinski definition) is 0. The van der Waals surface area contributed by atoms with Crippen LogP contribution >= 0.6 is 11.6 Å². The van der Waals surface area contributed by atoms with E-state index in [-0.39, 0.29) is 41.6 Å². The highest BCUT2D eigenvalue weighted by atomic mass is 35.5. The minimum atomic E-state index is -0.260. The van der Waals surface area contributed by atoms with Gasteiger partial charge in [0, 0.05) is 0 Å². The number of ether oxygens (including phenoxy) is 2. The Morgan fingerprint density at radius 1 is 1.25 bits per heavy atom. The number of nitrogens with zero attached hydrogens (tertiary/aromatic N) is 2. The SMILES string of the molecule is CC[C@H](C)Oc1c(Cl)cc(C=NN2C(=O)[C@@H]3[C@H](C2=O)[C@H]2C=C[C@H]3C2)cc1OC. The quantitative estimate of drug-likeness (QED) is 0.413. The van der Waals surface area contributed by atoms with Gasteiger partial charge in [0.15, 0.2) is 11.5 Å². The zero-order valence-corrected chi connectivity index (χ0v) is 16.8. The van der Waals surface area contributed by atoms with Gasteiger partial charge in [0.2, 0.25) is 0 Å². The number of hydrogen-bond acceptors (Lipinski definition) is 5. The normalized spacial score (nSPS) is 29.1. The van der Waals surface area contributed by atoms with E-state index in [1.54, 1.807) is 12.1 Å². The predicted molar refractivity (Wildman–Crippen MR) is 106 cm³/mol.